The lowest BCUT2D eigenvalue weighted by atomic mass is 12.0. The summed E-state index contributed by atoms with van der Waals surface area (Å²) in [5.74, 6) is 0. The monoisotopic (exact) mass is 221 g/mol. The lowest BCUT2D eigenvalue weighted by molar-refractivity contribution is 0.611. The fourth-order valence-corrected chi connectivity index (χ4v) is 8.57. The zero-order valence-corrected chi connectivity index (χ0v) is 9.04. The lowest BCUT2D eigenvalue weighted by Gasteiger charge is -1.88. The Kier molecular flexibility index (Phi) is 5.23. The van der Waals surface area contributed by atoms with Gasteiger partial charge in [0, 0.05) is 12.5 Å². The van der Waals surface area contributed by atoms with Gasteiger partial charge in [-0.3, -0.25) is 16.8 Å². The van der Waals surface area contributed by atoms with E-state index in [1.54, 1.807) is 0 Å². The topological polar surface area (TPSA) is 68.3 Å². The Balaban J connectivity index is 0. The zero-order chi connectivity index (χ0) is 7.71. The summed E-state index contributed by atoms with van der Waals surface area (Å²) in [6.07, 6.45) is 1.84. The predicted molar refractivity (Wildman–Crippen MR) is 42.7 cm³/mol. The summed E-state index contributed by atoms with van der Waals surface area (Å²) in [5.41, 5.74) is 0. The van der Waals surface area contributed by atoms with Crippen molar-refractivity contribution >= 4 is 41.8 Å². The van der Waals surface area contributed by atoms with E-state index in [2.05, 4.69) is 0 Å². The van der Waals surface area contributed by atoms with Crippen LogP contribution in [0.1, 0.15) is 0 Å². The summed E-state index contributed by atoms with van der Waals surface area (Å²) in [7, 11) is -6.57. The van der Waals surface area contributed by atoms with Crippen LogP contribution in [0.25, 0.3) is 0 Å². The van der Waals surface area contributed by atoms with Crippen LogP contribution in [0.2, 0.25) is 0 Å². The fraction of sp³-hybridized carbons (Fsp3) is 1.00. The molecule has 0 aromatic carbocycles. The van der Waals surface area contributed by atoms with Crippen LogP contribution in [-0.4, -0.2) is 42.3 Å². The van der Waals surface area contributed by atoms with E-state index < -0.39 is 29.4 Å². The van der Waals surface area contributed by atoms with Crippen LogP contribution in [0.4, 0.5) is 0 Å². The first-order valence-electron chi connectivity index (χ1n) is 1.95. The van der Waals surface area contributed by atoms with Crippen LogP contribution in [0.15, 0.2) is 0 Å². The maximum atomic E-state index is 10.3. The summed E-state index contributed by atoms with van der Waals surface area (Å²) < 4.78 is 41.2. The normalized spacial score (nSPS) is 11.8. The molecule has 0 atom stereocenters. The average Bonchev–Trinajstić information content (AvgIpc) is 1.14. The zero-order valence-electron chi connectivity index (χ0n) is 5.44. The molecule has 0 bridgehead atoms. The summed E-state index contributed by atoms with van der Waals surface area (Å²) >= 11 is -1.49. The van der Waals surface area contributed by atoms with Gasteiger partial charge in [0.2, 0.25) is 0 Å². The van der Waals surface area contributed by atoms with Crippen molar-refractivity contribution in [3.8, 4) is 0 Å². The van der Waals surface area contributed by atoms with Crippen molar-refractivity contribution in [2.24, 2.45) is 0 Å². The minimum Gasteiger partial charge on any atom is -0.252 e. The van der Waals surface area contributed by atoms with Crippen LogP contribution < -0.4 is 0 Å². The first-order chi connectivity index (χ1) is 3.71. The largest absolute Gasteiger partial charge is 0.605 e. The maximum Gasteiger partial charge on any atom is 0.605 e. The molecule has 61 valence electrons. The molecule has 0 aliphatic rings. The molecule has 0 rings (SSSR count). The summed E-state index contributed by atoms with van der Waals surface area (Å²) in [5, 5.41) is 0. The average molecular weight is 222 g/mol. The summed E-state index contributed by atoms with van der Waals surface area (Å²) in [6.45, 7) is 0. The van der Waals surface area contributed by atoms with Crippen molar-refractivity contribution in [3.63, 3.8) is 0 Å². The van der Waals surface area contributed by atoms with Gasteiger partial charge in [0.25, 0.3) is 0 Å². The van der Waals surface area contributed by atoms with E-state index in [1.807, 2.05) is 0 Å². The van der Waals surface area contributed by atoms with Gasteiger partial charge in [0.15, 0.2) is 0 Å². The molecule has 0 aromatic heterocycles. The van der Waals surface area contributed by atoms with E-state index in [9.17, 15) is 16.8 Å². The van der Waals surface area contributed by atoms with E-state index in [-0.39, 0.29) is 12.4 Å². The number of halogens is 1. The lowest BCUT2D eigenvalue weighted by Crippen LogP contribution is -2.17. The Labute approximate surface area is 71.0 Å². The van der Waals surface area contributed by atoms with Gasteiger partial charge in [-0.05, 0) is 0 Å². The number of hydrogen-bond acceptors (Lipinski definition) is 4. The van der Waals surface area contributed by atoms with Crippen LogP contribution in [-0.2, 0) is 16.4 Å². The molecule has 0 heterocycles. The number of hydrogen-bond donors (Lipinski definition) is 0. The minimum atomic E-state index is -3.29. The first kappa shape index (κ1) is 13.3. The molecule has 10 heavy (non-hydrogen) atoms. The van der Waals surface area contributed by atoms with Crippen molar-refractivity contribution in [1.29, 1.82) is 0 Å². The smallest absolute Gasteiger partial charge is 0.252 e. The highest BCUT2D eigenvalue weighted by molar-refractivity contribution is 8.42. The maximum absolute atomic E-state index is 10.3. The van der Waals surface area contributed by atoms with Crippen molar-refractivity contribution in [2.45, 2.75) is 0 Å². The van der Waals surface area contributed by atoms with Crippen molar-refractivity contribution in [3.05, 3.63) is 0 Å². The van der Waals surface area contributed by atoms with Gasteiger partial charge >= 0.3 is 13.0 Å². The summed E-state index contributed by atoms with van der Waals surface area (Å²) in [6, 6.07) is 0. The number of rotatable bonds is 2. The van der Waals surface area contributed by atoms with E-state index in [1.165, 1.54) is 0 Å². The molecule has 0 aliphatic carbocycles. The molecule has 0 saturated heterocycles. The van der Waals surface area contributed by atoms with Crippen molar-refractivity contribution < 1.29 is 16.8 Å². The molecule has 8 heteroatoms. The standard InChI is InChI=1S/2CH3O2S.Al.ClH/c2*1-4(2)3;;/h2*1H3;;1H. The van der Waals surface area contributed by atoms with E-state index in [4.69, 9.17) is 0 Å². The van der Waals surface area contributed by atoms with Crippen LogP contribution >= 0.6 is 12.4 Å². The van der Waals surface area contributed by atoms with E-state index in [0.29, 0.717) is 0 Å². The molecule has 0 unspecified atom stereocenters. The second kappa shape index (κ2) is 3.93. The molecule has 0 N–H and O–H groups in total. The molecule has 0 spiro atoms. The second-order valence-corrected chi connectivity index (χ2v) is 12.7. The highest BCUT2D eigenvalue weighted by Crippen LogP contribution is 1.85. The van der Waals surface area contributed by atoms with Gasteiger partial charge in [-0.25, -0.2) is 0 Å². The Morgan fingerprint density at radius 3 is 1.10 bits per heavy atom. The Morgan fingerprint density at radius 2 is 1.10 bits per heavy atom. The van der Waals surface area contributed by atoms with Gasteiger partial charge in [-0.2, -0.15) is 0 Å². The second-order valence-electron chi connectivity index (χ2n) is 1.76. The SMILES string of the molecule is C[S](=O)(=O)[Al][S](C)(=O)=O.Cl. The Hall–Kier alpha value is 0.722. The highest BCUT2D eigenvalue weighted by Gasteiger charge is 2.20. The van der Waals surface area contributed by atoms with Crippen LogP contribution in [0.5, 0.6) is 0 Å². The van der Waals surface area contributed by atoms with Crippen molar-refractivity contribution in [2.75, 3.05) is 12.5 Å². The molecule has 0 fully saturated rings. The third kappa shape index (κ3) is 11.5. The minimum absolute atomic E-state index is 0. The highest BCUT2D eigenvalue weighted by atomic mass is 35.5. The van der Waals surface area contributed by atoms with Gasteiger partial charge in [-0.1, -0.05) is 0 Å². The molecular weight excluding hydrogens is 215 g/mol. The van der Waals surface area contributed by atoms with Crippen LogP contribution in [0.3, 0.4) is 0 Å². The first-order valence-corrected chi connectivity index (χ1v) is 8.69. The Bertz CT molecular complexity index is 246. The third-order valence-corrected chi connectivity index (χ3v) is 9.44. The molecule has 1 radical (unpaired) electrons. The summed E-state index contributed by atoms with van der Waals surface area (Å²) in [4.78, 5) is 0. The Morgan fingerprint density at radius 1 is 0.900 bits per heavy atom. The molecule has 4 nitrogen and oxygen atoms in total. The molecule has 0 amide bonds. The molecular formula is C2H7AlClO4S2. The molecule has 0 saturated carbocycles. The fourth-order valence-electron chi connectivity index (χ4n) is 0.318. The van der Waals surface area contributed by atoms with Gasteiger partial charge in [-0.15, -0.1) is 12.4 Å². The van der Waals surface area contributed by atoms with Crippen LogP contribution in [0, 0.1) is 0 Å². The van der Waals surface area contributed by atoms with E-state index in [0.717, 1.165) is 12.5 Å². The molecule has 0 aromatic rings. The van der Waals surface area contributed by atoms with E-state index >= 15 is 0 Å². The quantitative estimate of drug-likeness (QED) is 0.563. The third-order valence-electron chi connectivity index (χ3n) is 0.350. The predicted octanol–water partition coefficient (Wildman–Crippen LogP) is -0.968. The van der Waals surface area contributed by atoms with Gasteiger partial charge in [0.05, 0.1) is 16.4 Å². The van der Waals surface area contributed by atoms with Crippen molar-refractivity contribution in [1.82, 2.24) is 0 Å². The van der Waals surface area contributed by atoms with Gasteiger partial charge in [0.1, 0.15) is 0 Å². The van der Waals surface area contributed by atoms with Gasteiger partial charge < -0.3 is 0 Å². The molecule has 0 aliphatic heterocycles.